The molecule has 0 aliphatic heterocycles. The van der Waals surface area contributed by atoms with Gasteiger partial charge in [-0.3, -0.25) is 0 Å². The zero-order valence-corrected chi connectivity index (χ0v) is 16.0. The summed E-state index contributed by atoms with van der Waals surface area (Å²) in [5, 5.41) is 8.98. The van der Waals surface area contributed by atoms with Crippen molar-refractivity contribution in [2.24, 2.45) is 0 Å². The molecule has 0 aromatic heterocycles. The minimum atomic E-state index is 0.174. The standard InChI is InChI=1S/C22H27NO3/c1-5-22(3,4)18-8-10-19(11-9-18)25-13-14-26-20-12-7-17(16-23)15-21(20)24-6-2/h7-12,15H,5-6,13-14H2,1-4H3. The highest BCUT2D eigenvalue weighted by Gasteiger charge is 2.17. The molecule has 0 N–H and O–H groups in total. The van der Waals surface area contributed by atoms with E-state index in [1.165, 1.54) is 5.56 Å². The van der Waals surface area contributed by atoms with Crippen LogP contribution in [-0.4, -0.2) is 19.8 Å². The summed E-state index contributed by atoms with van der Waals surface area (Å²) in [6.07, 6.45) is 1.09. The minimum Gasteiger partial charge on any atom is -0.490 e. The van der Waals surface area contributed by atoms with Gasteiger partial charge in [-0.25, -0.2) is 0 Å². The van der Waals surface area contributed by atoms with Crippen molar-refractivity contribution in [1.29, 1.82) is 5.26 Å². The van der Waals surface area contributed by atoms with Gasteiger partial charge >= 0.3 is 0 Å². The van der Waals surface area contributed by atoms with Crippen LogP contribution in [0.3, 0.4) is 0 Å². The van der Waals surface area contributed by atoms with Crippen LogP contribution in [0.1, 0.15) is 45.2 Å². The quantitative estimate of drug-likeness (QED) is 0.588. The van der Waals surface area contributed by atoms with Gasteiger partial charge in [-0.1, -0.05) is 32.9 Å². The van der Waals surface area contributed by atoms with Crippen LogP contribution in [0, 0.1) is 11.3 Å². The molecule has 4 nitrogen and oxygen atoms in total. The molecule has 26 heavy (non-hydrogen) atoms. The summed E-state index contributed by atoms with van der Waals surface area (Å²) in [5.74, 6) is 2.03. The van der Waals surface area contributed by atoms with Gasteiger partial charge in [-0.15, -0.1) is 0 Å². The molecule has 0 heterocycles. The predicted octanol–water partition coefficient (Wildman–Crippen LogP) is 5.10. The number of rotatable bonds is 9. The number of benzene rings is 2. The van der Waals surface area contributed by atoms with Gasteiger partial charge < -0.3 is 14.2 Å². The van der Waals surface area contributed by atoms with E-state index in [4.69, 9.17) is 19.5 Å². The fraction of sp³-hybridized carbons (Fsp3) is 0.409. The van der Waals surface area contributed by atoms with Crippen molar-refractivity contribution in [3.63, 3.8) is 0 Å². The van der Waals surface area contributed by atoms with Crippen LogP contribution in [0.5, 0.6) is 17.2 Å². The van der Waals surface area contributed by atoms with E-state index in [0.29, 0.717) is 36.9 Å². The zero-order chi connectivity index (χ0) is 19.0. The van der Waals surface area contributed by atoms with E-state index >= 15 is 0 Å². The van der Waals surface area contributed by atoms with Crippen LogP contribution in [0.25, 0.3) is 0 Å². The lowest BCUT2D eigenvalue weighted by atomic mass is 9.82. The molecule has 0 unspecified atom stereocenters. The highest BCUT2D eigenvalue weighted by Crippen LogP contribution is 2.29. The fourth-order valence-electron chi connectivity index (χ4n) is 2.48. The van der Waals surface area contributed by atoms with E-state index in [2.05, 4.69) is 39.0 Å². The Balaban J connectivity index is 1.88. The lowest BCUT2D eigenvalue weighted by Crippen LogP contribution is -2.15. The molecule has 2 aromatic rings. The Morgan fingerprint density at radius 2 is 1.58 bits per heavy atom. The normalized spacial score (nSPS) is 10.9. The van der Waals surface area contributed by atoms with Gasteiger partial charge in [-0.2, -0.15) is 5.26 Å². The summed E-state index contributed by atoms with van der Waals surface area (Å²) in [4.78, 5) is 0. The molecule has 2 aromatic carbocycles. The molecule has 0 spiro atoms. The zero-order valence-electron chi connectivity index (χ0n) is 16.0. The summed E-state index contributed by atoms with van der Waals surface area (Å²) in [5.41, 5.74) is 2.03. The molecule has 0 bridgehead atoms. The smallest absolute Gasteiger partial charge is 0.162 e. The Morgan fingerprint density at radius 3 is 2.19 bits per heavy atom. The Morgan fingerprint density at radius 1 is 0.885 bits per heavy atom. The highest BCUT2D eigenvalue weighted by molar-refractivity contribution is 5.46. The van der Waals surface area contributed by atoms with Gasteiger partial charge in [0.15, 0.2) is 11.5 Å². The van der Waals surface area contributed by atoms with Crippen molar-refractivity contribution < 1.29 is 14.2 Å². The van der Waals surface area contributed by atoms with Crippen LogP contribution in [0.15, 0.2) is 42.5 Å². The molecule has 138 valence electrons. The van der Waals surface area contributed by atoms with Crippen molar-refractivity contribution in [3.05, 3.63) is 53.6 Å². The molecule has 0 fully saturated rings. The summed E-state index contributed by atoms with van der Waals surface area (Å²) in [6.45, 7) is 9.92. The Labute approximate surface area is 156 Å². The van der Waals surface area contributed by atoms with Crippen molar-refractivity contribution in [2.75, 3.05) is 19.8 Å². The van der Waals surface area contributed by atoms with Gasteiger partial charge in [0.1, 0.15) is 19.0 Å². The maximum absolute atomic E-state index is 8.98. The average Bonchev–Trinajstić information content (AvgIpc) is 2.66. The highest BCUT2D eigenvalue weighted by atomic mass is 16.5. The first-order chi connectivity index (χ1) is 12.5. The first-order valence-corrected chi connectivity index (χ1v) is 9.03. The Hall–Kier alpha value is -2.67. The fourth-order valence-corrected chi connectivity index (χ4v) is 2.48. The maximum Gasteiger partial charge on any atom is 0.162 e. The van der Waals surface area contributed by atoms with Crippen LogP contribution >= 0.6 is 0 Å². The number of hydrogen-bond donors (Lipinski definition) is 0. The van der Waals surface area contributed by atoms with Crippen LogP contribution in [-0.2, 0) is 5.41 Å². The average molecular weight is 353 g/mol. The third-order valence-electron chi connectivity index (χ3n) is 4.50. The van der Waals surface area contributed by atoms with Crippen molar-refractivity contribution in [3.8, 4) is 23.3 Å². The van der Waals surface area contributed by atoms with Crippen LogP contribution in [0.2, 0.25) is 0 Å². The molecule has 2 rings (SSSR count). The predicted molar refractivity (Wildman–Crippen MR) is 103 cm³/mol. The molecular weight excluding hydrogens is 326 g/mol. The lowest BCUT2D eigenvalue weighted by molar-refractivity contribution is 0.208. The number of ether oxygens (including phenoxy) is 3. The van der Waals surface area contributed by atoms with E-state index in [1.54, 1.807) is 18.2 Å². The molecule has 0 saturated carbocycles. The molecule has 0 aliphatic carbocycles. The van der Waals surface area contributed by atoms with Crippen LogP contribution < -0.4 is 14.2 Å². The molecule has 4 heteroatoms. The molecular formula is C22H27NO3. The second-order valence-corrected chi connectivity index (χ2v) is 6.67. The third kappa shape index (κ3) is 5.16. The van der Waals surface area contributed by atoms with E-state index in [-0.39, 0.29) is 5.41 Å². The van der Waals surface area contributed by atoms with Crippen molar-refractivity contribution in [1.82, 2.24) is 0 Å². The van der Waals surface area contributed by atoms with Gasteiger partial charge in [0, 0.05) is 6.07 Å². The Bertz CT molecular complexity index is 745. The van der Waals surface area contributed by atoms with E-state index in [1.807, 2.05) is 19.1 Å². The lowest BCUT2D eigenvalue weighted by Gasteiger charge is -2.23. The minimum absolute atomic E-state index is 0.174. The SMILES string of the molecule is CCOc1cc(C#N)ccc1OCCOc1ccc(C(C)(C)CC)cc1. The van der Waals surface area contributed by atoms with Gasteiger partial charge in [0.2, 0.25) is 0 Å². The largest absolute Gasteiger partial charge is 0.490 e. The third-order valence-corrected chi connectivity index (χ3v) is 4.50. The van der Waals surface area contributed by atoms with Crippen molar-refractivity contribution >= 4 is 0 Å². The number of hydrogen-bond acceptors (Lipinski definition) is 4. The van der Waals surface area contributed by atoms with E-state index in [9.17, 15) is 0 Å². The first kappa shape index (κ1) is 19.7. The van der Waals surface area contributed by atoms with Gasteiger partial charge in [-0.05, 0) is 48.6 Å². The molecule has 0 amide bonds. The van der Waals surface area contributed by atoms with Crippen LogP contribution in [0.4, 0.5) is 0 Å². The molecule has 0 radical (unpaired) electrons. The topological polar surface area (TPSA) is 51.5 Å². The van der Waals surface area contributed by atoms with Gasteiger partial charge in [0.25, 0.3) is 0 Å². The first-order valence-electron chi connectivity index (χ1n) is 9.03. The second-order valence-electron chi connectivity index (χ2n) is 6.67. The van der Waals surface area contributed by atoms with Crippen molar-refractivity contribution in [2.45, 2.75) is 39.5 Å². The van der Waals surface area contributed by atoms with E-state index < -0.39 is 0 Å². The summed E-state index contributed by atoms with van der Waals surface area (Å²) >= 11 is 0. The number of nitriles is 1. The second kappa shape index (κ2) is 9.15. The molecule has 0 aliphatic rings. The Kier molecular flexibility index (Phi) is 6.91. The van der Waals surface area contributed by atoms with Gasteiger partial charge in [0.05, 0.1) is 18.2 Å². The summed E-state index contributed by atoms with van der Waals surface area (Å²) < 4.78 is 17.0. The summed E-state index contributed by atoms with van der Waals surface area (Å²) in [7, 11) is 0. The molecule has 0 atom stereocenters. The summed E-state index contributed by atoms with van der Waals surface area (Å²) in [6, 6.07) is 15.5. The molecule has 0 saturated heterocycles. The monoisotopic (exact) mass is 353 g/mol. The van der Waals surface area contributed by atoms with E-state index in [0.717, 1.165) is 12.2 Å². The maximum atomic E-state index is 8.98. The number of nitrogens with zero attached hydrogens (tertiary/aromatic N) is 1.